The Bertz CT molecular complexity index is 902. The van der Waals surface area contributed by atoms with Gasteiger partial charge in [-0.25, -0.2) is 14.4 Å². The molecule has 0 atom stereocenters. The van der Waals surface area contributed by atoms with Gasteiger partial charge in [0.1, 0.15) is 23.3 Å². The van der Waals surface area contributed by atoms with Gasteiger partial charge in [0, 0.05) is 23.2 Å². The van der Waals surface area contributed by atoms with E-state index in [1.54, 1.807) is 49.4 Å². The van der Waals surface area contributed by atoms with Crippen molar-refractivity contribution in [3.63, 3.8) is 0 Å². The minimum atomic E-state index is -0.259. The molecule has 25 heavy (non-hydrogen) atoms. The molecule has 2 N–H and O–H groups in total. The van der Waals surface area contributed by atoms with Crippen LogP contribution < -0.4 is 10.6 Å². The van der Waals surface area contributed by atoms with E-state index in [0.717, 1.165) is 0 Å². The molecule has 0 aliphatic carbocycles. The lowest BCUT2D eigenvalue weighted by molar-refractivity contribution is 0.613. The zero-order valence-electron chi connectivity index (χ0n) is 13.4. The number of anilines is 3. The van der Waals surface area contributed by atoms with Gasteiger partial charge in [0.25, 0.3) is 0 Å². The average molecular weight is 377 g/mol. The first-order valence-corrected chi connectivity index (χ1v) is 8.32. The van der Waals surface area contributed by atoms with Crippen LogP contribution in [0.5, 0.6) is 0 Å². The van der Waals surface area contributed by atoms with Crippen molar-refractivity contribution in [1.82, 2.24) is 9.97 Å². The molecule has 0 saturated carbocycles. The standard InChI is InChI=1S/C18H15Cl2FN4/c1-11-23-17(22-10-12-4-2-3-5-15(12)21)9-18(24-11)25-16-8-13(19)6-7-14(16)20/h2-9H,10H2,1H3,(H2,22,23,24,25). The van der Waals surface area contributed by atoms with E-state index in [1.165, 1.54) is 6.07 Å². The topological polar surface area (TPSA) is 49.8 Å². The van der Waals surface area contributed by atoms with Gasteiger partial charge in [-0.1, -0.05) is 41.4 Å². The maximum Gasteiger partial charge on any atom is 0.136 e. The quantitative estimate of drug-likeness (QED) is 0.609. The third kappa shape index (κ3) is 4.59. The van der Waals surface area contributed by atoms with Crippen LogP contribution in [0.2, 0.25) is 10.0 Å². The third-order valence-electron chi connectivity index (χ3n) is 3.45. The van der Waals surface area contributed by atoms with Crippen LogP contribution in [0.3, 0.4) is 0 Å². The molecule has 3 aromatic rings. The van der Waals surface area contributed by atoms with E-state index in [2.05, 4.69) is 20.6 Å². The maximum atomic E-state index is 13.7. The van der Waals surface area contributed by atoms with Crippen molar-refractivity contribution in [2.24, 2.45) is 0 Å². The fourth-order valence-corrected chi connectivity index (χ4v) is 2.62. The first kappa shape index (κ1) is 17.5. The fourth-order valence-electron chi connectivity index (χ4n) is 2.28. The molecule has 0 radical (unpaired) electrons. The van der Waals surface area contributed by atoms with Crippen molar-refractivity contribution in [3.8, 4) is 0 Å². The summed E-state index contributed by atoms with van der Waals surface area (Å²) in [4.78, 5) is 8.65. The van der Waals surface area contributed by atoms with Crippen molar-refractivity contribution in [3.05, 3.63) is 75.8 Å². The maximum absolute atomic E-state index is 13.7. The van der Waals surface area contributed by atoms with Crippen LogP contribution >= 0.6 is 23.2 Å². The molecule has 0 bridgehead atoms. The van der Waals surface area contributed by atoms with Crippen LogP contribution in [0, 0.1) is 12.7 Å². The van der Waals surface area contributed by atoms with Gasteiger partial charge < -0.3 is 10.6 Å². The summed E-state index contributed by atoms with van der Waals surface area (Å²) in [6, 6.07) is 13.5. The van der Waals surface area contributed by atoms with Gasteiger partial charge in [-0.05, 0) is 31.2 Å². The number of benzene rings is 2. The summed E-state index contributed by atoms with van der Waals surface area (Å²) in [5, 5.41) is 7.32. The molecule has 2 aromatic carbocycles. The monoisotopic (exact) mass is 376 g/mol. The summed E-state index contributed by atoms with van der Waals surface area (Å²) in [7, 11) is 0. The van der Waals surface area contributed by atoms with Crippen LogP contribution in [0.1, 0.15) is 11.4 Å². The molecule has 128 valence electrons. The number of rotatable bonds is 5. The SMILES string of the molecule is Cc1nc(NCc2ccccc2F)cc(Nc2cc(Cl)ccc2Cl)n1. The number of nitrogens with zero attached hydrogens (tertiary/aromatic N) is 2. The first-order valence-electron chi connectivity index (χ1n) is 7.56. The van der Waals surface area contributed by atoms with Gasteiger partial charge in [0.2, 0.25) is 0 Å². The number of hydrogen-bond acceptors (Lipinski definition) is 4. The van der Waals surface area contributed by atoms with Crippen molar-refractivity contribution < 1.29 is 4.39 Å². The normalized spacial score (nSPS) is 10.6. The van der Waals surface area contributed by atoms with E-state index in [0.29, 0.717) is 45.3 Å². The van der Waals surface area contributed by atoms with E-state index in [1.807, 2.05) is 0 Å². The minimum Gasteiger partial charge on any atom is -0.366 e. The second kappa shape index (κ2) is 7.68. The molecular formula is C18H15Cl2FN4. The van der Waals surface area contributed by atoms with Gasteiger partial charge in [-0.2, -0.15) is 0 Å². The van der Waals surface area contributed by atoms with Gasteiger partial charge in [-0.15, -0.1) is 0 Å². The van der Waals surface area contributed by atoms with Crippen LogP contribution in [0.25, 0.3) is 0 Å². The number of aromatic nitrogens is 2. The van der Waals surface area contributed by atoms with Crippen LogP contribution in [0.15, 0.2) is 48.5 Å². The molecule has 1 heterocycles. The van der Waals surface area contributed by atoms with Crippen molar-refractivity contribution in [2.75, 3.05) is 10.6 Å². The highest BCUT2D eigenvalue weighted by Crippen LogP contribution is 2.28. The predicted molar refractivity (Wildman–Crippen MR) is 100 cm³/mol. The lowest BCUT2D eigenvalue weighted by atomic mass is 10.2. The molecule has 4 nitrogen and oxygen atoms in total. The number of nitrogens with one attached hydrogen (secondary N) is 2. The van der Waals surface area contributed by atoms with Crippen LogP contribution in [-0.4, -0.2) is 9.97 Å². The summed E-state index contributed by atoms with van der Waals surface area (Å²) < 4.78 is 13.7. The molecular weight excluding hydrogens is 362 g/mol. The predicted octanol–water partition coefficient (Wildman–Crippen LogP) is 5.59. The molecule has 1 aromatic heterocycles. The molecule has 7 heteroatoms. The zero-order chi connectivity index (χ0) is 17.8. The minimum absolute atomic E-state index is 0.259. The highest BCUT2D eigenvalue weighted by molar-refractivity contribution is 6.35. The Labute approximate surface area is 155 Å². The Balaban J connectivity index is 1.78. The molecule has 0 saturated heterocycles. The number of hydrogen-bond donors (Lipinski definition) is 2. The Kier molecular flexibility index (Phi) is 5.36. The van der Waals surface area contributed by atoms with Gasteiger partial charge in [-0.3, -0.25) is 0 Å². The van der Waals surface area contributed by atoms with Crippen LogP contribution in [-0.2, 0) is 6.54 Å². The largest absolute Gasteiger partial charge is 0.366 e. The highest BCUT2D eigenvalue weighted by atomic mass is 35.5. The Morgan fingerprint density at radius 1 is 1.00 bits per heavy atom. The average Bonchev–Trinajstić information content (AvgIpc) is 2.57. The van der Waals surface area contributed by atoms with E-state index in [-0.39, 0.29) is 5.82 Å². The van der Waals surface area contributed by atoms with E-state index in [4.69, 9.17) is 23.2 Å². The van der Waals surface area contributed by atoms with Gasteiger partial charge in [0.05, 0.1) is 10.7 Å². The number of halogens is 3. The molecule has 3 rings (SSSR count). The molecule has 0 aliphatic heterocycles. The van der Waals surface area contributed by atoms with Crippen molar-refractivity contribution in [2.45, 2.75) is 13.5 Å². The molecule has 0 spiro atoms. The number of aryl methyl sites for hydroxylation is 1. The fraction of sp³-hybridized carbons (Fsp3) is 0.111. The summed E-state index contributed by atoms with van der Waals surface area (Å²) in [5.74, 6) is 1.45. The second-order valence-electron chi connectivity index (χ2n) is 5.38. The van der Waals surface area contributed by atoms with Crippen LogP contribution in [0.4, 0.5) is 21.7 Å². The summed E-state index contributed by atoms with van der Waals surface area (Å²) in [6.07, 6.45) is 0. The van der Waals surface area contributed by atoms with E-state index in [9.17, 15) is 4.39 Å². The third-order valence-corrected chi connectivity index (χ3v) is 4.01. The lowest BCUT2D eigenvalue weighted by Crippen LogP contribution is -2.06. The molecule has 0 unspecified atom stereocenters. The van der Waals surface area contributed by atoms with E-state index < -0.39 is 0 Å². The first-order chi connectivity index (χ1) is 12.0. The van der Waals surface area contributed by atoms with Gasteiger partial charge in [0.15, 0.2) is 0 Å². The van der Waals surface area contributed by atoms with Crippen molar-refractivity contribution in [1.29, 1.82) is 0 Å². The van der Waals surface area contributed by atoms with Crippen molar-refractivity contribution >= 4 is 40.5 Å². The summed E-state index contributed by atoms with van der Waals surface area (Å²) in [5.41, 5.74) is 1.21. The highest BCUT2D eigenvalue weighted by Gasteiger charge is 2.07. The molecule has 0 fully saturated rings. The lowest BCUT2D eigenvalue weighted by Gasteiger charge is -2.12. The zero-order valence-corrected chi connectivity index (χ0v) is 14.9. The molecule has 0 aliphatic rings. The van der Waals surface area contributed by atoms with E-state index >= 15 is 0 Å². The Morgan fingerprint density at radius 3 is 2.56 bits per heavy atom. The second-order valence-corrected chi connectivity index (χ2v) is 6.22. The van der Waals surface area contributed by atoms with Gasteiger partial charge >= 0.3 is 0 Å². The summed E-state index contributed by atoms with van der Waals surface area (Å²) >= 11 is 12.2. The Morgan fingerprint density at radius 2 is 1.76 bits per heavy atom. The Hall–Kier alpha value is -2.37. The summed E-state index contributed by atoms with van der Waals surface area (Å²) in [6.45, 7) is 2.10. The molecule has 0 amide bonds. The smallest absolute Gasteiger partial charge is 0.136 e.